The number of methoxy groups -OCH3 is 1. The highest BCUT2D eigenvalue weighted by Crippen LogP contribution is 2.25. The van der Waals surface area contributed by atoms with Crippen molar-refractivity contribution in [3.63, 3.8) is 0 Å². The van der Waals surface area contributed by atoms with E-state index in [1.165, 1.54) is 13.5 Å². The van der Waals surface area contributed by atoms with Crippen LogP contribution in [0.15, 0.2) is 0 Å². The Labute approximate surface area is 123 Å². The number of esters is 1. The number of amides is 3. The van der Waals surface area contributed by atoms with Gasteiger partial charge < -0.3 is 14.8 Å². The zero-order valence-corrected chi connectivity index (χ0v) is 12.5. The van der Waals surface area contributed by atoms with E-state index in [1.54, 1.807) is 0 Å². The number of ether oxygens (including phenoxy) is 2. The van der Waals surface area contributed by atoms with Crippen molar-refractivity contribution in [3.05, 3.63) is 0 Å². The van der Waals surface area contributed by atoms with E-state index < -0.39 is 23.9 Å². The quantitative estimate of drug-likeness (QED) is 0.771. The van der Waals surface area contributed by atoms with Crippen molar-refractivity contribution in [2.75, 3.05) is 20.3 Å². The van der Waals surface area contributed by atoms with Crippen LogP contribution in [-0.4, -0.2) is 55.2 Å². The molecular formula is C14H22N2O5. The summed E-state index contributed by atoms with van der Waals surface area (Å²) in [6.07, 6.45) is 4.29. The molecule has 1 aliphatic carbocycles. The highest BCUT2D eigenvalue weighted by Gasteiger charge is 2.37. The third-order valence-corrected chi connectivity index (χ3v) is 4.03. The normalized spacial score (nSPS) is 29.1. The number of carbonyl (C=O) groups is 3. The summed E-state index contributed by atoms with van der Waals surface area (Å²) in [6, 6.07) is -1.36. The Hall–Kier alpha value is -1.63. The predicted octanol–water partition coefficient (Wildman–Crippen LogP) is 0.675. The van der Waals surface area contributed by atoms with Crippen molar-refractivity contribution in [2.45, 2.75) is 44.8 Å². The van der Waals surface area contributed by atoms with Gasteiger partial charge in [-0.25, -0.2) is 9.59 Å². The number of hydrogen-bond donors (Lipinski definition) is 1. The van der Waals surface area contributed by atoms with Crippen LogP contribution in [0.4, 0.5) is 4.79 Å². The van der Waals surface area contributed by atoms with Crippen LogP contribution in [0.3, 0.4) is 0 Å². The van der Waals surface area contributed by atoms with Crippen molar-refractivity contribution in [1.82, 2.24) is 10.2 Å². The molecule has 2 aliphatic rings. The zero-order valence-electron chi connectivity index (χ0n) is 12.5. The molecule has 1 heterocycles. The van der Waals surface area contributed by atoms with Gasteiger partial charge in [0, 0.05) is 0 Å². The second-order valence-electron chi connectivity index (χ2n) is 5.73. The Kier molecular flexibility index (Phi) is 5.17. The minimum atomic E-state index is -0.791. The molecule has 1 saturated heterocycles. The van der Waals surface area contributed by atoms with Gasteiger partial charge in [-0.05, 0) is 18.8 Å². The smallest absolute Gasteiger partial charge is 0.330 e. The van der Waals surface area contributed by atoms with Gasteiger partial charge in [0.05, 0.1) is 19.8 Å². The molecule has 1 N–H and O–H groups in total. The molecule has 2 rings (SSSR count). The van der Waals surface area contributed by atoms with Crippen molar-refractivity contribution < 1.29 is 23.9 Å². The van der Waals surface area contributed by atoms with Gasteiger partial charge >= 0.3 is 12.0 Å². The lowest BCUT2D eigenvalue weighted by molar-refractivity contribution is -0.142. The molecule has 0 spiro atoms. The van der Waals surface area contributed by atoms with E-state index in [0.717, 1.165) is 24.2 Å². The number of carbonyl (C=O) groups excluding carboxylic acids is 3. The monoisotopic (exact) mass is 298 g/mol. The Balaban J connectivity index is 1.80. The Morgan fingerprint density at radius 3 is 2.81 bits per heavy atom. The van der Waals surface area contributed by atoms with Gasteiger partial charge in [0.2, 0.25) is 0 Å². The standard InChI is InChI=1S/C14H22N2O5/c1-9-4-3-5-10(6-9)21-8-12(17)16-7-11(13(18)20-2)15-14(16)19/h9-11H,3-8H2,1-2H3,(H,15,19). The van der Waals surface area contributed by atoms with Crippen molar-refractivity contribution in [2.24, 2.45) is 5.92 Å². The van der Waals surface area contributed by atoms with Crippen LogP contribution in [0.25, 0.3) is 0 Å². The zero-order chi connectivity index (χ0) is 15.4. The fraction of sp³-hybridized carbons (Fsp3) is 0.786. The van der Waals surface area contributed by atoms with Crippen LogP contribution in [0.2, 0.25) is 0 Å². The number of nitrogens with one attached hydrogen (secondary N) is 1. The minimum Gasteiger partial charge on any atom is -0.467 e. The van der Waals surface area contributed by atoms with Gasteiger partial charge in [0.1, 0.15) is 12.6 Å². The van der Waals surface area contributed by atoms with Crippen LogP contribution < -0.4 is 5.32 Å². The first-order valence-corrected chi connectivity index (χ1v) is 7.31. The molecular weight excluding hydrogens is 276 g/mol. The second-order valence-corrected chi connectivity index (χ2v) is 5.73. The molecule has 7 heteroatoms. The molecule has 3 atom stereocenters. The summed E-state index contributed by atoms with van der Waals surface area (Å²) in [5.41, 5.74) is 0. The van der Waals surface area contributed by atoms with Crippen LogP contribution in [0.1, 0.15) is 32.6 Å². The third-order valence-electron chi connectivity index (χ3n) is 4.03. The first kappa shape index (κ1) is 15.8. The van der Waals surface area contributed by atoms with Crippen LogP contribution in [-0.2, 0) is 19.1 Å². The van der Waals surface area contributed by atoms with E-state index in [-0.39, 0.29) is 19.3 Å². The molecule has 3 amide bonds. The number of nitrogens with zero attached hydrogens (tertiary/aromatic N) is 1. The third kappa shape index (κ3) is 3.93. The average molecular weight is 298 g/mol. The summed E-state index contributed by atoms with van der Waals surface area (Å²) < 4.78 is 10.2. The molecule has 118 valence electrons. The highest BCUT2D eigenvalue weighted by atomic mass is 16.5. The van der Waals surface area contributed by atoms with Gasteiger partial charge in [0.25, 0.3) is 5.91 Å². The Bertz CT molecular complexity index is 426. The van der Waals surface area contributed by atoms with Crippen molar-refractivity contribution in [1.29, 1.82) is 0 Å². The SMILES string of the molecule is COC(=O)C1CN(C(=O)COC2CCCC(C)C2)C(=O)N1. The molecule has 0 bridgehead atoms. The molecule has 0 radical (unpaired) electrons. The summed E-state index contributed by atoms with van der Waals surface area (Å²) in [6.45, 7) is 2.04. The molecule has 21 heavy (non-hydrogen) atoms. The topological polar surface area (TPSA) is 84.9 Å². The number of hydrogen-bond acceptors (Lipinski definition) is 5. The lowest BCUT2D eigenvalue weighted by atomic mass is 9.89. The van der Waals surface area contributed by atoms with E-state index in [0.29, 0.717) is 5.92 Å². The number of imide groups is 1. The lowest BCUT2D eigenvalue weighted by Gasteiger charge is -2.27. The number of rotatable bonds is 4. The fourth-order valence-corrected chi connectivity index (χ4v) is 2.83. The fourth-order valence-electron chi connectivity index (χ4n) is 2.83. The van der Waals surface area contributed by atoms with Gasteiger partial charge in [-0.2, -0.15) is 0 Å². The Morgan fingerprint density at radius 2 is 2.14 bits per heavy atom. The number of urea groups is 1. The van der Waals surface area contributed by atoms with Gasteiger partial charge in [-0.1, -0.05) is 19.8 Å². The minimum absolute atomic E-state index is 0.00519. The molecule has 1 aliphatic heterocycles. The van der Waals surface area contributed by atoms with E-state index in [1.807, 2.05) is 0 Å². The van der Waals surface area contributed by atoms with E-state index in [9.17, 15) is 14.4 Å². The lowest BCUT2D eigenvalue weighted by Crippen LogP contribution is -2.38. The van der Waals surface area contributed by atoms with Gasteiger partial charge in [-0.15, -0.1) is 0 Å². The predicted molar refractivity (Wildman–Crippen MR) is 73.4 cm³/mol. The van der Waals surface area contributed by atoms with E-state index in [4.69, 9.17) is 4.74 Å². The molecule has 3 unspecified atom stereocenters. The van der Waals surface area contributed by atoms with Gasteiger partial charge in [0.15, 0.2) is 0 Å². The maximum Gasteiger partial charge on any atom is 0.330 e. The van der Waals surface area contributed by atoms with Crippen molar-refractivity contribution >= 4 is 17.9 Å². The van der Waals surface area contributed by atoms with E-state index in [2.05, 4.69) is 17.0 Å². The summed E-state index contributed by atoms with van der Waals surface area (Å²) >= 11 is 0. The average Bonchev–Trinajstić information content (AvgIpc) is 2.86. The Morgan fingerprint density at radius 1 is 1.38 bits per heavy atom. The van der Waals surface area contributed by atoms with Crippen LogP contribution in [0, 0.1) is 5.92 Å². The second kappa shape index (κ2) is 6.89. The van der Waals surface area contributed by atoms with Gasteiger partial charge in [-0.3, -0.25) is 9.69 Å². The van der Waals surface area contributed by atoms with E-state index >= 15 is 0 Å². The molecule has 1 saturated carbocycles. The maximum absolute atomic E-state index is 12.0. The molecule has 7 nitrogen and oxygen atoms in total. The first-order chi connectivity index (χ1) is 10.0. The molecule has 0 aromatic rings. The largest absolute Gasteiger partial charge is 0.467 e. The molecule has 0 aromatic heterocycles. The highest BCUT2D eigenvalue weighted by molar-refractivity contribution is 5.99. The molecule has 0 aromatic carbocycles. The summed E-state index contributed by atoms with van der Waals surface area (Å²) in [5, 5.41) is 2.42. The summed E-state index contributed by atoms with van der Waals surface area (Å²) in [7, 11) is 1.24. The molecule has 2 fully saturated rings. The first-order valence-electron chi connectivity index (χ1n) is 7.31. The summed E-state index contributed by atoms with van der Waals surface area (Å²) in [4.78, 5) is 36.1. The summed E-state index contributed by atoms with van der Waals surface area (Å²) in [5.74, 6) is -0.365. The van der Waals surface area contributed by atoms with Crippen LogP contribution in [0.5, 0.6) is 0 Å². The van der Waals surface area contributed by atoms with Crippen LogP contribution >= 0.6 is 0 Å². The van der Waals surface area contributed by atoms with Crippen molar-refractivity contribution in [3.8, 4) is 0 Å². The maximum atomic E-state index is 12.0.